The van der Waals surface area contributed by atoms with E-state index >= 15 is 0 Å². The van der Waals surface area contributed by atoms with Crippen molar-refractivity contribution < 1.29 is 35.8 Å². The van der Waals surface area contributed by atoms with Crippen LogP contribution in [0.4, 0.5) is 0 Å². The number of ether oxygens (including phenoxy) is 4. The zero-order valence-electron chi connectivity index (χ0n) is 19.6. The van der Waals surface area contributed by atoms with Gasteiger partial charge < -0.3 is 18.9 Å². The van der Waals surface area contributed by atoms with E-state index in [1.807, 2.05) is 0 Å². The van der Waals surface area contributed by atoms with Crippen molar-refractivity contribution in [1.82, 2.24) is 9.03 Å². The van der Waals surface area contributed by atoms with E-state index in [0.29, 0.717) is 36.5 Å². The Hall–Kier alpha value is -2.54. The fourth-order valence-electron chi connectivity index (χ4n) is 3.82. The zero-order chi connectivity index (χ0) is 24.9. The van der Waals surface area contributed by atoms with E-state index in [0.717, 1.165) is 0 Å². The zero-order valence-corrected chi connectivity index (χ0v) is 21.2. The summed E-state index contributed by atoms with van der Waals surface area (Å²) in [6.07, 6.45) is 1.79. The Bertz CT molecular complexity index is 1220. The molecular weight excluding hydrogens is 484 g/mol. The lowest BCUT2D eigenvalue weighted by Gasteiger charge is -2.25. The molecular formula is C22H30N2O8S2. The van der Waals surface area contributed by atoms with Crippen LogP contribution >= 0.6 is 0 Å². The van der Waals surface area contributed by atoms with Gasteiger partial charge >= 0.3 is 0 Å². The molecule has 188 valence electrons. The summed E-state index contributed by atoms with van der Waals surface area (Å²) in [6, 6.07) is 8.08. The van der Waals surface area contributed by atoms with E-state index in [1.54, 1.807) is 0 Å². The van der Waals surface area contributed by atoms with E-state index in [1.165, 1.54) is 69.1 Å². The largest absolute Gasteiger partial charge is 0.493 e. The third-order valence-corrected chi connectivity index (χ3v) is 8.99. The minimum atomic E-state index is -3.93. The third kappa shape index (κ3) is 5.57. The number of methoxy groups -OCH3 is 4. The Balaban J connectivity index is 1.84. The van der Waals surface area contributed by atoms with Crippen molar-refractivity contribution in [3.63, 3.8) is 0 Å². The van der Waals surface area contributed by atoms with Gasteiger partial charge in [0.2, 0.25) is 20.0 Å². The highest BCUT2D eigenvalue weighted by Crippen LogP contribution is 2.32. The first-order chi connectivity index (χ1) is 16.2. The second kappa shape index (κ2) is 10.8. The van der Waals surface area contributed by atoms with Gasteiger partial charge in [-0.25, -0.2) is 21.6 Å². The molecule has 2 aromatic rings. The molecule has 34 heavy (non-hydrogen) atoms. The summed E-state index contributed by atoms with van der Waals surface area (Å²) in [6.45, 7) is 0.286. The Kier molecular flexibility index (Phi) is 8.29. The van der Waals surface area contributed by atoms with E-state index < -0.39 is 26.1 Å². The lowest BCUT2D eigenvalue weighted by molar-refractivity contribution is 0.353. The second-order valence-corrected chi connectivity index (χ2v) is 11.4. The summed E-state index contributed by atoms with van der Waals surface area (Å²) in [7, 11) is -2.04. The van der Waals surface area contributed by atoms with E-state index in [4.69, 9.17) is 18.9 Å². The molecule has 1 heterocycles. The lowest BCUT2D eigenvalue weighted by Crippen LogP contribution is -2.44. The van der Waals surface area contributed by atoms with Gasteiger partial charge in [-0.1, -0.05) is 6.42 Å². The van der Waals surface area contributed by atoms with Crippen LogP contribution in [0.2, 0.25) is 0 Å². The average molecular weight is 515 g/mol. The molecule has 1 saturated heterocycles. The number of hydrogen-bond acceptors (Lipinski definition) is 8. The molecule has 0 bridgehead atoms. The molecule has 1 aliphatic rings. The van der Waals surface area contributed by atoms with Gasteiger partial charge in [-0.3, -0.25) is 0 Å². The Morgan fingerprint density at radius 2 is 1.29 bits per heavy atom. The highest BCUT2D eigenvalue weighted by molar-refractivity contribution is 7.89. The molecule has 3 rings (SSSR count). The predicted octanol–water partition coefficient (Wildman–Crippen LogP) is 2.24. The minimum Gasteiger partial charge on any atom is -0.493 e. The van der Waals surface area contributed by atoms with Gasteiger partial charge in [-0.05, 0) is 37.1 Å². The van der Waals surface area contributed by atoms with Crippen molar-refractivity contribution in [2.45, 2.75) is 35.1 Å². The number of nitrogens with one attached hydrogen (secondary N) is 1. The topological polar surface area (TPSA) is 120 Å². The van der Waals surface area contributed by atoms with Crippen LogP contribution in [0.15, 0.2) is 46.2 Å². The van der Waals surface area contributed by atoms with Crippen LogP contribution in [0.5, 0.6) is 23.0 Å². The second-order valence-electron chi connectivity index (χ2n) is 7.71. The van der Waals surface area contributed by atoms with Gasteiger partial charge in [0.15, 0.2) is 23.0 Å². The molecule has 0 spiro atoms. The maximum absolute atomic E-state index is 13.4. The number of rotatable bonds is 9. The van der Waals surface area contributed by atoms with Gasteiger partial charge in [-0.15, -0.1) is 0 Å². The summed E-state index contributed by atoms with van der Waals surface area (Å²) in [5, 5.41) is 0. The lowest BCUT2D eigenvalue weighted by atomic mass is 10.2. The molecule has 0 saturated carbocycles. The molecule has 2 aromatic carbocycles. The van der Waals surface area contributed by atoms with Crippen LogP contribution in [-0.2, 0) is 20.0 Å². The van der Waals surface area contributed by atoms with Crippen LogP contribution in [-0.4, -0.2) is 68.7 Å². The van der Waals surface area contributed by atoms with E-state index in [2.05, 4.69) is 4.72 Å². The maximum Gasteiger partial charge on any atom is 0.243 e. The molecule has 10 nitrogen and oxygen atoms in total. The predicted molar refractivity (Wildman–Crippen MR) is 126 cm³/mol. The first-order valence-electron chi connectivity index (χ1n) is 10.6. The first-order valence-corrected chi connectivity index (χ1v) is 13.5. The van der Waals surface area contributed by atoms with Crippen molar-refractivity contribution >= 4 is 20.0 Å². The molecule has 1 fully saturated rings. The van der Waals surface area contributed by atoms with Crippen LogP contribution in [0.25, 0.3) is 0 Å². The third-order valence-electron chi connectivity index (χ3n) is 5.61. The number of sulfonamides is 2. The molecule has 0 aromatic heterocycles. The van der Waals surface area contributed by atoms with Crippen molar-refractivity contribution in [3.05, 3.63) is 36.4 Å². The monoisotopic (exact) mass is 514 g/mol. The van der Waals surface area contributed by atoms with Crippen LogP contribution in [0.1, 0.15) is 19.3 Å². The summed E-state index contributed by atoms with van der Waals surface area (Å²) in [5.74, 6) is 1.40. The molecule has 0 amide bonds. The minimum absolute atomic E-state index is 0.00317. The maximum atomic E-state index is 13.4. The fraction of sp³-hybridized carbons (Fsp3) is 0.455. The van der Waals surface area contributed by atoms with Crippen LogP contribution in [0, 0.1) is 0 Å². The fourth-order valence-corrected chi connectivity index (χ4v) is 6.64. The highest BCUT2D eigenvalue weighted by Gasteiger charge is 2.32. The first kappa shape index (κ1) is 26.1. The average Bonchev–Trinajstić information content (AvgIpc) is 3.08. The van der Waals surface area contributed by atoms with Crippen molar-refractivity contribution in [3.8, 4) is 23.0 Å². The van der Waals surface area contributed by atoms with Crippen LogP contribution in [0.3, 0.4) is 0 Å². The summed E-state index contributed by atoms with van der Waals surface area (Å²) < 4.78 is 77.6. The molecule has 1 unspecified atom stereocenters. The molecule has 1 aliphatic heterocycles. The smallest absolute Gasteiger partial charge is 0.243 e. The normalized spacial score (nSPS) is 17.6. The Labute approximate surface area is 200 Å². The standard InChI is InChI=1S/C22H30N2O8S2/c1-29-19-10-8-17(13-21(19)31-3)33(25,26)23-16-7-5-6-12-24(15-16)34(27,28)18-9-11-20(30-2)22(14-18)32-4/h8-11,13-14,16,23H,5-7,12,15H2,1-4H3. The molecule has 0 radical (unpaired) electrons. The van der Waals surface area contributed by atoms with E-state index in [-0.39, 0.29) is 28.6 Å². The molecule has 0 aliphatic carbocycles. The van der Waals surface area contributed by atoms with Crippen molar-refractivity contribution in [2.75, 3.05) is 41.5 Å². The number of hydrogen-bond donors (Lipinski definition) is 1. The SMILES string of the molecule is COc1ccc(S(=O)(=O)NC2CCCCN(S(=O)(=O)c3ccc(OC)c(OC)c3)C2)cc1OC. The summed E-state index contributed by atoms with van der Waals surface area (Å²) in [4.78, 5) is 0.0530. The van der Waals surface area contributed by atoms with Gasteiger partial charge in [0.05, 0.1) is 38.2 Å². The van der Waals surface area contributed by atoms with E-state index in [9.17, 15) is 16.8 Å². The number of benzene rings is 2. The van der Waals surface area contributed by atoms with Crippen molar-refractivity contribution in [1.29, 1.82) is 0 Å². The summed E-state index contributed by atoms with van der Waals surface area (Å²) >= 11 is 0. The Morgan fingerprint density at radius 1 is 0.765 bits per heavy atom. The van der Waals surface area contributed by atoms with Crippen LogP contribution < -0.4 is 23.7 Å². The summed E-state index contributed by atoms with van der Waals surface area (Å²) in [5.41, 5.74) is 0. The molecule has 1 atom stereocenters. The van der Waals surface area contributed by atoms with Gasteiger partial charge in [0.25, 0.3) is 0 Å². The van der Waals surface area contributed by atoms with Gasteiger partial charge in [-0.2, -0.15) is 4.31 Å². The molecule has 12 heteroatoms. The van der Waals surface area contributed by atoms with Gasteiger partial charge in [0.1, 0.15) is 0 Å². The quantitative estimate of drug-likeness (QED) is 0.541. The molecule has 1 N–H and O–H groups in total. The Morgan fingerprint density at radius 3 is 1.85 bits per heavy atom. The highest BCUT2D eigenvalue weighted by atomic mass is 32.2. The number of nitrogens with zero attached hydrogens (tertiary/aromatic N) is 1. The van der Waals surface area contributed by atoms with Gasteiger partial charge in [0, 0.05) is 31.3 Å². The van der Waals surface area contributed by atoms with Crippen molar-refractivity contribution in [2.24, 2.45) is 0 Å².